The molecule has 44 heavy (non-hydrogen) atoms. The number of rotatable bonds is 2. The summed E-state index contributed by atoms with van der Waals surface area (Å²) >= 11 is 0. The van der Waals surface area contributed by atoms with Gasteiger partial charge in [-0.05, 0) is 78.0 Å². The van der Waals surface area contributed by atoms with Gasteiger partial charge >= 0.3 is 0 Å². The molecule has 0 fully saturated rings. The molecule has 6 aliphatic rings. The number of hydrogen-bond donors (Lipinski definition) is 2. The lowest BCUT2D eigenvalue weighted by atomic mass is 9.86. The highest BCUT2D eigenvalue weighted by atomic mass is 16.6. The van der Waals surface area contributed by atoms with Gasteiger partial charge in [0.2, 0.25) is 11.5 Å². The highest BCUT2D eigenvalue weighted by Gasteiger charge is 2.42. The Labute approximate surface area is 255 Å². The lowest BCUT2D eigenvalue weighted by Crippen LogP contribution is -2.47. The zero-order valence-corrected chi connectivity index (χ0v) is 24.9. The Balaban J connectivity index is 1.38. The van der Waals surface area contributed by atoms with Crippen LogP contribution in [-0.2, 0) is 25.7 Å². The average molecular weight is 595 g/mol. The van der Waals surface area contributed by atoms with E-state index in [4.69, 9.17) is 23.7 Å². The molecule has 10 rings (SSSR count). The number of hydroxylamine groups is 3. The summed E-state index contributed by atoms with van der Waals surface area (Å²) in [5, 5.41) is 29.1. The van der Waals surface area contributed by atoms with Crippen molar-refractivity contribution in [2.75, 3.05) is 34.4 Å². The van der Waals surface area contributed by atoms with Crippen LogP contribution in [-0.4, -0.2) is 44.1 Å². The minimum absolute atomic E-state index is 0.0176. The molecule has 9 heteroatoms. The molecule has 0 amide bonds. The summed E-state index contributed by atoms with van der Waals surface area (Å²) in [6, 6.07) is 17.0. The summed E-state index contributed by atoms with van der Waals surface area (Å²) in [6.07, 6.45) is 2.41. The fourth-order valence-corrected chi connectivity index (χ4v) is 7.22. The Morgan fingerprint density at radius 2 is 1.52 bits per heavy atom. The fraction of sp³-hybridized carbons (Fsp3) is 0.314. The normalized spacial score (nSPS) is 22.6. The summed E-state index contributed by atoms with van der Waals surface area (Å²) < 4.78 is 30.7. The Kier molecular flexibility index (Phi) is 6.20. The summed E-state index contributed by atoms with van der Waals surface area (Å²) in [7, 11) is 4.94. The number of nitrogens with one attached hydrogen (secondary N) is 1. The van der Waals surface area contributed by atoms with Gasteiger partial charge < -0.3 is 44.0 Å². The summed E-state index contributed by atoms with van der Waals surface area (Å²) in [6.45, 7) is 1.16. The fourth-order valence-electron chi connectivity index (χ4n) is 7.22. The molecule has 0 aliphatic carbocycles. The molecule has 1 unspecified atom stereocenters. The van der Waals surface area contributed by atoms with Gasteiger partial charge in [0.1, 0.15) is 11.8 Å². The van der Waals surface area contributed by atoms with Gasteiger partial charge in [-0.15, -0.1) is 0 Å². The van der Waals surface area contributed by atoms with Crippen molar-refractivity contribution in [3.05, 3.63) is 93.2 Å². The maximum Gasteiger partial charge on any atom is 0.212 e. The molecule has 0 spiro atoms. The van der Waals surface area contributed by atoms with Crippen LogP contribution < -0.4 is 29.0 Å². The van der Waals surface area contributed by atoms with Crippen molar-refractivity contribution < 1.29 is 33.4 Å². The summed E-state index contributed by atoms with van der Waals surface area (Å²) in [5.74, 6) is 4.03. The van der Waals surface area contributed by atoms with Crippen LogP contribution in [0.4, 0.5) is 0 Å². The first-order chi connectivity index (χ1) is 21.3. The van der Waals surface area contributed by atoms with Crippen molar-refractivity contribution in [1.82, 2.24) is 5.32 Å². The molecule has 0 aromatic heterocycles. The third kappa shape index (κ3) is 4.26. The smallest absolute Gasteiger partial charge is 0.212 e. The predicted octanol–water partition coefficient (Wildman–Crippen LogP) is 6.63. The first-order valence-electron chi connectivity index (χ1n) is 15.0. The lowest BCUT2D eigenvalue weighted by Gasteiger charge is -2.50. The van der Waals surface area contributed by atoms with E-state index in [1.807, 2.05) is 36.4 Å². The number of quaternary nitrogens is 1. The molecule has 9 nitrogen and oxygen atoms in total. The number of ether oxygens (including phenoxy) is 5. The van der Waals surface area contributed by atoms with Crippen LogP contribution in [0.3, 0.4) is 0 Å². The topological polar surface area (TPSA) is 101 Å². The van der Waals surface area contributed by atoms with Crippen molar-refractivity contribution in [2.24, 2.45) is 0 Å². The number of fused-ring (bicyclic) bond motifs is 1. The van der Waals surface area contributed by atoms with E-state index in [9.17, 15) is 10.3 Å². The minimum atomic E-state index is -0.517. The molecule has 10 bridgehead atoms. The molecular weight excluding hydrogens is 560 g/mol. The largest absolute Gasteiger partial charge is 0.633 e. The van der Waals surface area contributed by atoms with Crippen LogP contribution in [0, 0.1) is 5.21 Å². The SMILES string of the molecule is COc1ccc2cc1Oc1ccc(cc1)C[C@H]1NCCc3cc(O)c4c(c31)Oc1c(OC)cc3c(c1O4)[C@H](C2)[N+](C)([O-])CC3. The van der Waals surface area contributed by atoms with E-state index in [2.05, 4.69) is 17.4 Å². The Hall–Kier alpha value is -4.44. The van der Waals surface area contributed by atoms with E-state index in [0.717, 1.165) is 46.3 Å². The van der Waals surface area contributed by atoms with Crippen LogP contribution in [0.5, 0.6) is 51.7 Å². The second-order valence-electron chi connectivity index (χ2n) is 12.2. The van der Waals surface area contributed by atoms with Gasteiger partial charge in [-0.1, -0.05) is 18.2 Å². The monoisotopic (exact) mass is 594 g/mol. The van der Waals surface area contributed by atoms with Gasteiger partial charge in [0.25, 0.3) is 0 Å². The Bertz CT molecular complexity index is 1800. The van der Waals surface area contributed by atoms with Gasteiger partial charge in [0, 0.05) is 24.4 Å². The molecule has 2 N–H and O–H groups in total. The second-order valence-corrected chi connectivity index (χ2v) is 12.2. The molecule has 0 radical (unpaired) electrons. The van der Waals surface area contributed by atoms with Crippen molar-refractivity contribution >= 4 is 0 Å². The quantitative estimate of drug-likeness (QED) is 0.174. The summed E-state index contributed by atoms with van der Waals surface area (Å²) in [5.41, 5.74) is 5.75. The number of nitrogens with zero attached hydrogens (tertiary/aromatic N) is 1. The van der Waals surface area contributed by atoms with Crippen LogP contribution in [0.2, 0.25) is 0 Å². The van der Waals surface area contributed by atoms with E-state index in [0.29, 0.717) is 66.1 Å². The zero-order chi connectivity index (χ0) is 30.2. The summed E-state index contributed by atoms with van der Waals surface area (Å²) in [4.78, 5) is 0. The minimum Gasteiger partial charge on any atom is -0.633 e. The molecule has 6 heterocycles. The van der Waals surface area contributed by atoms with Gasteiger partial charge in [-0.25, -0.2) is 0 Å². The molecule has 226 valence electrons. The third-order valence-corrected chi connectivity index (χ3v) is 9.49. The molecule has 6 aliphatic heterocycles. The average Bonchev–Trinajstić information content (AvgIpc) is 3.02. The van der Waals surface area contributed by atoms with E-state index >= 15 is 0 Å². The number of aromatic hydroxyl groups is 1. The van der Waals surface area contributed by atoms with Crippen LogP contribution >= 0.6 is 0 Å². The number of phenolic OH excluding ortho intramolecular Hbond substituents is 1. The van der Waals surface area contributed by atoms with Crippen LogP contribution in [0.25, 0.3) is 0 Å². The van der Waals surface area contributed by atoms with Gasteiger partial charge in [-0.3, -0.25) is 0 Å². The van der Waals surface area contributed by atoms with Crippen LogP contribution in [0.1, 0.15) is 45.5 Å². The molecule has 0 saturated heterocycles. The molecular formula is C35H34N2O7. The van der Waals surface area contributed by atoms with E-state index < -0.39 is 10.7 Å². The number of methoxy groups -OCH3 is 2. The Morgan fingerprint density at radius 3 is 2.32 bits per heavy atom. The highest BCUT2D eigenvalue weighted by molar-refractivity contribution is 5.71. The van der Waals surface area contributed by atoms with E-state index in [1.54, 1.807) is 27.3 Å². The van der Waals surface area contributed by atoms with Gasteiger partial charge in [0.15, 0.2) is 34.5 Å². The third-order valence-electron chi connectivity index (χ3n) is 9.49. The van der Waals surface area contributed by atoms with Crippen LogP contribution in [0.15, 0.2) is 54.6 Å². The first-order valence-corrected chi connectivity index (χ1v) is 15.0. The van der Waals surface area contributed by atoms with Gasteiger partial charge in [0.05, 0.1) is 33.4 Å². The van der Waals surface area contributed by atoms with Crippen molar-refractivity contribution in [1.29, 1.82) is 0 Å². The number of benzene rings is 4. The second kappa shape index (κ2) is 10.1. The number of likely N-dealkylation sites (N-methyl/N-ethyl adjacent to an activating group) is 1. The zero-order valence-electron chi connectivity index (χ0n) is 24.9. The Morgan fingerprint density at radius 1 is 0.795 bits per heavy atom. The first kappa shape index (κ1) is 27.1. The molecule has 0 saturated carbocycles. The molecule has 3 atom stereocenters. The maximum absolute atomic E-state index is 14.2. The number of hydrogen-bond acceptors (Lipinski definition) is 8. The predicted molar refractivity (Wildman–Crippen MR) is 163 cm³/mol. The molecule has 4 aromatic rings. The number of phenols is 1. The standard InChI is InChI=1S/C35H34N2O7/c1-37(39)13-11-22-18-29(41-3)33-35-31(22)25(37)15-20-6-9-27(40-2)28(16-20)42-23-7-4-19(5-8-23)14-24-30-21(10-12-36-24)17-26(38)32(43-35)34(30)44-33/h4-9,16-18,24-25,36,38H,10-15H2,1-3H3/t24-,25+,37?/m1/s1. The van der Waals surface area contributed by atoms with E-state index in [1.165, 1.54) is 0 Å². The van der Waals surface area contributed by atoms with Crippen molar-refractivity contribution in [3.63, 3.8) is 0 Å². The van der Waals surface area contributed by atoms with Gasteiger partial charge in [-0.2, -0.15) is 0 Å². The van der Waals surface area contributed by atoms with E-state index in [-0.39, 0.29) is 17.5 Å². The molecule has 4 aromatic carbocycles. The maximum atomic E-state index is 14.2. The highest BCUT2D eigenvalue weighted by Crippen LogP contribution is 2.60. The van der Waals surface area contributed by atoms with Crippen molar-refractivity contribution in [2.45, 2.75) is 37.8 Å². The lowest BCUT2D eigenvalue weighted by molar-refractivity contribution is -0.894. The van der Waals surface area contributed by atoms with Crippen molar-refractivity contribution in [3.8, 4) is 51.7 Å².